The van der Waals surface area contributed by atoms with E-state index in [2.05, 4.69) is 82.3 Å². The summed E-state index contributed by atoms with van der Waals surface area (Å²) in [4.78, 5) is 13.4. The first-order valence-electron chi connectivity index (χ1n) is 10.8. The van der Waals surface area contributed by atoms with Gasteiger partial charge in [0.1, 0.15) is 0 Å². The summed E-state index contributed by atoms with van der Waals surface area (Å²) in [6.45, 7) is 8.52. The Balaban J connectivity index is 1.84. The van der Waals surface area contributed by atoms with Gasteiger partial charge in [0.15, 0.2) is 5.78 Å². The lowest BCUT2D eigenvalue weighted by atomic mass is 9.47. The molecule has 0 saturated heterocycles. The van der Waals surface area contributed by atoms with Crippen molar-refractivity contribution in [1.29, 1.82) is 0 Å². The van der Waals surface area contributed by atoms with Crippen LogP contribution in [0.25, 0.3) is 0 Å². The van der Waals surface area contributed by atoms with E-state index in [1.165, 1.54) is 27.8 Å². The first-order valence-corrected chi connectivity index (χ1v) is 10.8. The van der Waals surface area contributed by atoms with E-state index in [-0.39, 0.29) is 23.0 Å². The van der Waals surface area contributed by atoms with Crippen LogP contribution in [0.1, 0.15) is 52.9 Å². The minimum atomic E-state index is -0.173. The van der Waals surface area contributed by atoms with E-state index in [0.29, 0.717) is 0 Å². The maximum atomic E-state index is 13.4. The van der Waals surface area contributed by atoms with Gasteiger partial charge in [-0.3, -0.25) is 4.79 Å². The molecule has 1 fully saturated rings. The van der Waals surface area contributed by atoms with Gasteiger partial charge in [0.05, 0.1) is 0 Å². The molecule has 0 bridgehead atoms. The highest BCUT2D eigenvalue weighted by atomic mass is 16.1. The molecule has 4 rings (SSSR count). The third kappa shape index (κ3) is 3.54. The predicted octanol–water partition coefficient (Wildman–Crippen LogP) is 7.07. The maximum Gasteiger partial charge on any atom is 0.166 e. The molecule has 1 aliphatic carbocycles. The summed E-state index contributed by atoms with van der Waals surface area (Å²) < 4.78 is 0. The Hall–Kier alpha value is -2.93. The number of aryl methyl sites for hydroxylation is 2. The molecule has 3 aromatic rings. The topological polar surface area (TPSA) is 17.1 Å². The summed E-state index contributed by atoms with van der Waals surface area (Å²) >= 11 is 0. The number of benzene rings is 3. The van der Waals surface area contributed by atoms with Gasteiger partial charge in [-0.1, -0.05) is 102 Å². The van der Waals surface area contributed by atoms with Gasteiger partial charge in [-0.2, -0.15) is 0 Å². The third-order valence-electron chi connectivity index (χ3n) is 6.59. The minimum absolute atomic E-state index is 0.00935. The number of hydrogen-bond acceptors (Lipinski definition) is 1. The smallest absolute Gasteiger partial charge is 0.166 e. The van der Waals surface area contributed by atoms with Gasteiger partial charge in [0.2, 0.25) is 0 Å². The zero-order valence-electron chi connectivity index (χ0n) is 18.4. The summed E-state index contributed by atoms with van der Waals surface area (Å²) in [5.41, 5.74) is 7.02. The van der Waals surface area contributed by atoms with E-state index in [9.17, 15) is 4.79 Å². The van der Waals surface area contributed by atoms with Crippen LogP contribution in [0, 0.1) is 25.7 Å². The van der Waals surface area contributed by atoms with E-state index in [1.54, 1.807) is 0 Å². The van der Waals surface area contributed by atoms with Gasteiger partial charge in [-0.05, 0) is 45.2 Å². The molecular weight excluding hydrogens is 364 g/mol. The molecule has 30 heavy (non-hydrogen) atoms. The van der Waals surface area contributed by atoms with Crippen LogP contribution < -0.4 is 0 Å². The number of rotatable bonds is 5. The van der Waals surface area contributed by atoms with Gasteiger partial charge in [-0.25, -0.2) is 0 Å². The summed E-state index contributed by atoms with van der Waals surface area (Å²) in [6.07, 6.45) is 3.16. The van der Waals surface area contributed by atoms with Gasteiger partial charge in [0.25, 0.3) is 0 Å². The average molecular weight is 395 g/mol. The van der Waals surface area contributed by atoms with Crippen molar-refractivity contribution in [2.45, 2.75) is 39.5 Å². The van der Waals surface area contributed by atoms with Crippen LogP contribution in [0.4, 0.5) is 0 Å². The molecule has 0 spiro atoms. The van der Waals surface area contributed by atoms with Crippen LogP contribution in [-0.2, 0) is 5.41 Å². The van der Waals surface area contributed by atoms with Gasteiger partial charge < -0.3 is 0 Å². The lowest BCUT2D eigenvalue weighted by Crippen LogP contribution is -2.54. The number of carbonyl (C=O) groups excluding carboxylic acids is 1. The fourth-order valence-corrected chi connectivity index (χ4v) is 4.97. The van der Waals surface area contributed by atoms with Crippen molar-refractivity contribution in [3.63, 3.8) is 0 Å². The Kier molecular flexibility index (Phi) is 5.47. The molecule has 1 nitrogen and oxygen atoms in total. The molecule has 0 aliphatic heterocycles. The van der Waals surface area contributed by atoms with Crippen molar-refractivity contribution in [2.75, 3.05) is 0 Å². The second-order valence-corrected chi connectivity index (χ2v) is 9.01. The normalized spacial score (nSPS) is 19.6. The largest absolute Gasteiger partial charge is 0.294 e. The SMILES string of the molecule is CC(C)=CC1C(C(=O)c2ccccc2)CC1(c1ccc(C)cc1)c1ccc(C)cc1. The number of Topliss-reactive ketones (excluding diaryl/α,β-unsaturated/α-hetero) is 1. The quantitative estimate of drug-likeness (QED) is 0.334. The molecule has 3 aromatic carbocycles. The standard InChI is InChI=1S/C29H30O/c1-20(2)18-27-26(28(30)23-8-6-5-7-9-23)19-29(27,24-14-10-21(3)11-15-24)25-16-12-22(4)13-17-25/h5-18,26-27H,19H2,1-4H3. The lowest BCUT2D eigenvalue weighted by Gasteiger charge is -2.55. The van der Waals surface area contributed by atoms with Crippen molar-refractivity contribution in [2.24, 2.45) is 11.8 Å². The number of allylic oxidation sites excluding steroid dienone is 2. The van der Waals surface area contributed by atoms with E-state index in [4.69, 9.17) is 0 Å². The summed E-state index contributed by atoms with van der Waals surface area (Å²) in [6, 6.07) is 27.5. The highest BCUT2D eigenvalue weighted by Crippen LogP contribution is 2.58. The van der Waals surface area contributed by atoms with Crippen LogP contribution in [0.15, 0.2) is 90.5 Å². The lowest BCUT2D eigenvalue weighted by molar-refractivity contribution is 0.0598. The number of carbonyl (C=O) groups is 1. The maximum absolute atomic E-state index is 13.4. The van der Waals surface area contributed by atoms with Crippen molar-refractivity contribution >= 4 is 5.78 Å². The molecule has 0 aromatic heterocycles. The Labute approximate surface area is 180 Å². The van der Waals surface area contributed by atoms with E-state index >= 15 is 0 Å². The van der Waals surface area contributed by atoms with Gasteiger partial charge >= 0.3 is 0 Å². The molecule has 152 valence electrons. The zero-order valence-corrected chi connectivity index (χ0v) is 18.4. The monoisotopic (exact) mass is 394 g/mol. The van der Waals surface area contributed by atoms with Crippen LogP contribution in [0.2, 0.25) is 0 Å². The fraction of sp³-hybridized carbons (Fsp3) is 0.276. The molecule has 1 saturated carbocycles. The predicted molar refractivity (Wildman–Crippen MR) is 125 cm³/mol. The minimum Gasteiger partial charge on any atom is -0.294 e. The summed E-state index contributed by atoms with van der Waals surface area (Å²) in [5.74, 6) is 0.387. The molecular formula is C29H30O. The van der Waals surface area contributed by atoms with Gasteiger partial charge in [-0.15, -0.1) is 0 Å². The molecule has 0 amide bonds. The van der Waals surface area contributed by atoms with Crippen LogP contribution in [0.5, 0.6) is 0 Å². The third-order valence-corrected chi connectivity index (χ3v) is 6.59. The second kappa shape index (κ2) is 8.07. The Morgan fingerprint density at radius 2 is 1.30 bits per heavy atom. The van der Waals surface area contributed by atoms with Crippen molar-refractivity contribution in [3.05, 3.63) is 118 Å². The van der Waals surface area contributed by atoms with Crippen molar-refractivity contribution in [3.8, 4) is 0 Å². The number of ketones is 1. The molecule has 0 N–H and O–H groups in total. The number of hydrogen-bond donors (Lipinski definition) is 0. The van der Waals surface area contributed by atoms with Gasteiger partial charge in [0, 0.05) is 22.8 Å². The Morgan fingerprint density at radius 1 is 0.800 bits per heavy atom. The highest BCUT2D eigenvalue weighted by molar-refractivity contribution is 5.99. The van der Waals surface area contributed by atoms with E-state index < -0.39 is 0 Å². The molecule has 1 heteroatoms. The molecule has 0 heterocycles. The van der Waals surface area contributed by atoms with Crippen LogP contribution >= 0.6 is 0 Å². The zero-order chi connectivity index (χ0) is 21.3. The Bertz CT molecular complexity index is 1010. The highest BCUT2D eigenvalue weighted by Gasteiger charge is 2.57. The molecule has 0 radical (unpaired) electrons. The van der Waals surface area contributed by atoms with E-state index in [1.807, 2.05) is 30.3 Å². The molecule has 2 unspecified atom stereocenters. The molecule has 2 atom stereocenters. The second-order valence-electron chi connectivity index (χ2n) is 9.01. The van der Waals surface area contributed by atoms with Crippen molar-refractivity contribution < 1.29 is 4.79 Å². The summed E-state index contributed by atoms with van der Waals surface area (Å²) in [5, 5.41) is 0. The summed E-state index contributed by atoms with van der Waals surface area (Å²) in [7, 11) is 0. The first kappa shape index (κ1) is 20.3. The molecule has 1 aliphatic rings. The first-order chi connectivity index (χ1) is 14.4. The Morgan fingerprint density at radius 3 is 1.77 bits per heavy atom. The van der Waals surface area contributed by atoms with E-state index in [0.717, 1.165) is 12.0 Å². The fourth-order valence-electron chi connectivity index (χ4n) is 4.97. The van der Waals surface area contributed by atoms with Crippen LogP contribution in [0.3, 0.4) is 0 Å². The van der Waals surface area contributed by atoms with Crippen molar-refractivity contribution in [1.82, 2.24) is 0 Å². The average Bonchev–Trinajstić information content (AvgIpc) is 2.74. The van der Waals surface area contributed by atoms with Crippen LogP contribution in [-0.4, -0.2) is 5.78 Å².